The van der Waals surface area contributed by atoms with Gasteiger partial charge in [0.2, 0.25) is 15.9 Å². The van der Waals surface area contributed by atoms with Gasteiger partial charge in [-0.3, -0.25) is 9.10 Å². The Morgan fingerprint density at radius 1 is 1.08 bits per heavy atom. The second-order valence-electron chi connectivity index (χ2n) is 5.66. The Hall–Kier alpha value is -2.85. The third-order valence-corrected chi connectivity index (χ3v) is 4.79. The summed E-state index contributed by atoms with van der Waals surface area (Å²) in [5.74, 6) is -0.321. The average molecular weight is 357 g/mol. The second-order valence-corrected chi connectivity index (χ2v) is 7.57. The molecule has 0 unspecified atom stereocenters. The van der Waals surface area contributed by atoms with Gasteiger partial charge in [0.25, 0.3) is 0 Å². The summed E-state index contributed by atoms with van der Waals surface area (Å²) in [5, 5.41) is 8.84. The summed E-state index contributed by atoms with van der Waals surface area (Å²) in [6, 6.07) is 17.5. The number of nitriles is 1. The molecule has 0 radical (unpaired) electrons. The van der Waals surface area contributed by atoms with E-state index in [2.05, 4.69) is 0 Å². The molecule has 0 aliphatic rings. The molecule has 2 aromatic rings. The van der Waals surface area contributed by atoms with E-state index in [1.165, 1.54) is 29.2 Å². The molecule has 1 amide bonds. The van der Waals surface area contributed by atoms with Crippen molar-refractivity contribution in [3.8, 4) is 6.07 Å². The van der Waals surface area contributed by atoms with Crippen molar-refractivity contribution in [2.75, 3.05) is 24.2 Å². The smallest absolute Gasteiger partial charge is 0.243 e. The Labute approximate surface area is 148 Å². The Bertz CT molecular complexity index is 872. The molecule has 0 saturated heterocycles. The van der Waals surface area contributed by atoms with E-state index in [0.717, 1.165) is 16.1 Å². The zero-order chi connectivity index (χ0) is 18.4. The number of carbonyl (C=O) groups is 1. The van der Waals surface area contributed by atoms with Gasteiger partial charge in [-0.15, -0.1) is 0 Å². The molecular weight excluding hydrogens is 338 g/mol. The summed E-state index contributed by atoms with van der Waals surface area (Å²) in [6.07, 6.45) is 1.05. The Morgan fingerprint density at radius 2 is 1.68 bits per heavy atom. The molecule has 0 aliphatic carbocycles. The predicted octanol–water partition coefficient (Wildman–Crippen LogP) is 1.98. The first-order chi connectivity index (χ1) is 11.8. The molecule has 7 heteroatoms. The summed E-state index contributed by atoms with van der Waals surface area (Å²) < 4.78 is 25.2. The third-order valence-electron chi connectivity index (χ3n) is 3.65. The highest BCUT2D eigenvalue weighted by Crippen LogP contribution is 2.18. The standard InChI is InChI=1S/C18H19N3O3S/c1-20(13-16-6-4-3-5-7-16)18(22)14-21(25(2,23)24)17-10-8-15(12-19)9-11-17/h3-11H,13-14H2,1-2H3. The van der Waals surface area contributed by atoms with E-state index < -0.39 is 10.0 Å². The van der Waals surface area contributed by atoms with E-state index in [0.29, 0.717) is 17.8 Å². The van der Waals surface area contributed by atoms with Crippen LogP contribution in [0.4, 0.5) is 5.69 Å². The summed E-state index contributed by atoms with van der Waals surface area (Å²) >= 11 is 0. The summed E-state index contributed by atoms with van der Waals surface area (Å²) in [6.45, 7) is 0.0959. The molecule has 6 nitrogen and oxygen atoms in total. The minimum atomic E-state index is -3.64. The number of anilines is 1. The lowest BCUT2D eigenvalue weighted by Crippen LogP contribution is -2.41. The van der Waals surface area contributed by atoms with Gasteiger partial charge in [0, 0.05) is 13.6 Å². The fourth-order valence-electron chi connectivity index (χ4n) is 2.29. The molecular formula is C18H19N3O3S. The van der Waals surface area contributed by atoms with Crippen LogP contribution in [-0.4, -0.2) is 39.1 Å². The van der Waals surface area contributed by atoms with E-state index in [1.54, 1.807) is 7.05 Å². The van der Waals surface area contributed by atoms with E-state index in [4.69, 9.17) is 5.26 Å². The number of rotatable bonds is 6. The van der Waals surface area contributed by atoms with Crippen LogP contribution < -0.4 is 4.31 Å². The van der Waals surface area contributed by atoms with Crippen molar-refractivity contribution in [2.45, 2.75) is 6.54 Å². The number of hydrogen-bond acceptors (Lipinski definition) is 4. The van der Waals surface area contributed by atoms with Crippen molar-refractivity contribution in [3.63, 3.8) is 0 Å². The fraction of sp³-hybridized carbons (Fsp3) is 0.222. The van der Waals surface area contributed by atoms with Gasteiger partial charge >= 0.3 is 0 Å². The lowest BCUT2D eigenvalue weighted by atomic mass is 10.2. The first-order valence-electron chi connectivity index (χ1n) is 7.57. The van der Waals surface area contributed by atoms with Crippen LogP contribution in [0.3, 0.4) is 0 Å². The maximum Gasteiger partial charge on any atom is 0.243 e. The monoisotopic (exact) mass is 357 g/mol. The highest BCUT2D eigenvalue weighted by molar-refractivity contribution is 7.92. The third kappa shape index (κ3) is 5.06. The molecule has 0 spiro atoms. The minimum Gasteiger partial charge on any atom is -0.340 e. The molecule has 0 bridgehead atoms. The van der Waals surface area contributed by atoms with E-state index in [9.17, 15) is 13.2 Å². The molecule has 2 rings (SSSR count). The largest absolute Gasteiger partial charge is 0.340 e. The fourth-order valence-corrected chi connectivity index (χ4v) is 3.14. The van der Waals surface area contributed by atoms with Crippen molar-refractivity contribution in [2.24, 2.45) is 0 Å². The van der Waals surface area contributed by atoms with Gasteiger partial charge in [-0.05, 0) is 29.8 Å². The lowest BCUT2D eigenvalue weighted by Gasteiger charge is -2.25. The average Bonchev–Trinajstić information content (AvgIpc) is 2.59. The van der Waals surface area contributed by atoms with Crippen LogP contribution in [0.5, 0.6) is 0 Å². The van der Waals surface area contributed by atoms with Gasteiger partial charge in [0.1, 0.15) is 6.54 Å². The molecule has 130 valence electrons. The number of hydrogen-bond donors (Lipinski definition) is 0. The maximum atomic E-state index is 12.5. The number of likely N-dealkylation sites (N-methyl/N-ethyl adjacent to an activating group) is 1. The quantitative estimate of drug-likeness (QED) is 0.792. The molecule has 2 aromatic carbocycles. The van der Waals surface area contributed by atoms with Crippen LogP contribution in [0.15, 0.2) is 54.6 Å². The van der Waals surface area contributed by atoms with Gasteiger partial charge in [-0.1, -0.05) is 30.3 Å². The summed E-state index contributed by atoms with van der Waals surface area (Å²) in [4.78, 5) is 14.0. The van der Waals surface area contributed by atoms with Gasteiger partial charge in [0.15, 0.2) is 0 Å². The van der Waals surface area contributed by atoms with E-state index in [1.807, 2.05) is 36.4 Å². The van der Waals surface area contributed by atoms with Crippen LogP contribution in [0, 0.1) is 11.3 Å². The van der Waals surface area contributed by atoms with Crippen molar-refractivity contribution in [3.05, 3.63) is 65.7 Å². The Balaban J connectivity index is 2.16. The lowest BCUT2D eigenvalue weighted by molar-refractivity contribution is -0.128. The number of benzene rings is 2. The Morgan fingerprint density at radius 3 is 2.20 bits per heavy atom. The minimum absolute atomic E-state index is 0.298. The van der Waals surface area contributed by atoms with Gasteiger partial charge in [-0.2, -0.15) is 5.26 Å². The maximum absolute atomic E-state index is 12.5. The van der Waals surface area contributed by atoms with Crippen LogP contribution in [0.25, 0.3) is 0 Å². The molecule has 25 heavy (non-hydrogen) atoms. The van der Waals surface area contributed by atoms with Crippen LogP contribution in [-0.2, 0) is 21.4 Å². The molecule has 0 atom stereocenters. The zero-order valence-corrected chi connectivity index (χ0v) is 14.9. The first kappa shape index (κ1) is 18.5. The number of carbonyl (C=O) groups excluding carboxylic acids is 1. The normalized spacial score (nSPS) is 10.8. The SMILES string of the molecule is CN(Cc1ccccc1)C(=O)CN(c1ccc(C#N)cc1)S(C)(=O)=O. The number of amides is 1. The second kappa shape index (κ2) is 7.81. The summed E-state index contributed by atoms with van der Waals surface area (Å²) in [5.41, 5.74) is 1.73. The first-order valence-corrected chi connectivity index (χ1v) is 9.42. The Kier molecular flexibility index (Phi) is 5.78. The number of nitrogens with zero attached hydrogens (tertiary/aromatic N) is 3. The zero-order valence-electron chi connectivity index (χ0n) is 14.1. The topological polar surface area (TPSA) is 81.5 Å². The van der Waals surface area contributed by atoms with Crippen LogP contribution >= 0.6 is 0 Å². The highest BCUT2D eigenvalue weighted by atomic mass is 32.2. The van der Waals surface area contributed by atoms with E-state index in [-0.39, 0.29) is 12.5 Å². The molecule has 0 N–H and O–H groups in total. The van der Waals surface area contributed by atoms with Crippen molar-refractivity contribution in [1.29, 1.82) is 5.26 Å². The predicted molar refractivity (Wildman–Crippen MR) is 96.3 cm³/mol. The summed E-state index contributed by atoms with van der Waals surface area (Å²) in [7, 11) is -2.00. The van der Waals surface area contributed by atoms with Gasteiger partial charge in [-0.25, -0.2) is 8.42 Å². The van der Waals surface area contributed by atoms with Crippen molar-refractivity contribution in [1.82, 2.24) is 4.90 Å². The number of sulfonamides is 1. The highest BCUT2D eigenvalue weighted by Gasteiger charge is 2.22. The van der Waals surface area contributed by atoms with Crippen molar-refractivity contribution >= 4 is 21.6 Å². The molecule has 0 fully saturated rings. The molecule has 0 aliphatic heterocycles. The molecule has 0 aromatic heterocycles. The van der Waals surface area contributed by atoms with Gasteiger partial charge < -0.3 is 4.90 Å². The van der Waals surface area contributed by atoms with Crippen molar-refractivity contribution < 1.29 is 13.2 Å². The molecule has 0 saturated carbocycles. The van der Waals surface area contributed by atoms with Crippen LogP contribution in [0.2, 0.25) is 0 Å². The molecule has 0 heterocycles. The van der Waals surface area contributed by atoms with E-state index >= 15 is 0 Å². The van der Waals surface area contributed by atoms with Gasteiger partial charge in [0.05, 0.1) is 23.6 Å². The van der Waals surface area contributed by atoms with Crippen LogP contribution in [0.1, 0.15) is 11.1 Å².